The summed E-state index contributed by atoms with van der Waals surface area (Å²) in [6.45, 7) is 0.261. The van der Waals surface area contributed by atoms with Crippen molar-refractivity contribution in [1.82, 2.24) is 4.90 Å². The van der Waals surface area contributed by atoms with Crippen LogP contribution >= 0.6 is 0 Å². The fraction of sp³-hybridized carbons (Fsp3) is 0.556. The van der Waals surface area contributed by atoms with Gasteiger partial charge in [0.15, 0.2) is 21.3 Å². The molecule has 0 radical (unpaired) electrons. The molecule has 148 valence electrons. The molecule has 3 rings (SSSR count). The molecular weight excluding hydrogens is 372 g/mol. The summed E-state index contributed by atoms with van der Waals surface area (Å²) >= 11 is 0. The number of hydrogen-bond donors (Lipinski definition) is 0. The zero-order chi connectivity index (χ0) is 19.8. The van der Waals surface area contributed by atoms with Crippen LogP contribution in [0, 0.1) is 5.92 Å². The van der Waals surface area contributed by atoms with E-state index in [9.17, 15) is 18.0 Å². The van der Waals surface area contributed by atoms with Crippen LogP contribution in [0.4, 0.5) is 5.69 Å². The van der Waals surface area contributed by atoms with Crippen molar-refractivity contribution in [2.75, 3.05) is 44.2 Å². The van der Waals surface area contributed by atoms with Gasteiger partial charge in [-0.25, -0.2) is 8.42 Å². The number of rotatable bonds is 5. The number of benzene rings is 1. The summed E-state index contributed by atoms with van der Waals surface area (Å²) in [6.07, 6.45) is 0.557. The molecule has 1 aromatic rings. The number of carbonyl (C=O) groups is 2. The molecule has 2 heterocycles. The predicted octanol–water partition coefficient (Wildman–Crippen LogP) is 0.702. The quantitative estimate of drug-likeness (QED) is 0.727. The molecule has 2 aliphatic heterocycles. The molecule has 0 saturated carbocycles. The van der Waals surface area contributed by atoms with Gasteiger partial charge in [-0.2, -0.15) is 0 Å². The van der Waals surface area contributed by atoms with Gasteiger partial charge in [0.1, 0.15) is 0 Å². The van der Waals surface area contributed by atoms with E-state index in [0.717, 1.165) is 0 Å². The Morgan fingerprint density at radius 1 is 1.22 bits per heavy atom. The first kappa shape index (κ1) is 19.5. The lowest BCUT2D eigenvalue weighted by Crippen LogP contribution is -2.42. The average molecular weight is 396 g/mol. The number of hydrogen-bond acceptors (Lipinski definition) is 6. The van der Waals surface area contributed by atoms with Gasteiger partial charge >= 0.3 is 0 Å². The average Bonchev–Trinajstić information content (AvgIpc) is 3.22. The molecule has 0 aliphatic carbocycles. The van der Waals surface area contributed by atoms with Crippen molar-refractivity contribution in [2.24, 2.45) is 5.92 Å². The van der Waals surface area contributed by atoms with Crippen molar-refractivity contribution < 1.29 is 27.5 Å². The second kappa shape index (κ2) is 7.38. The summed E-state index contributed by atoms with van der Waals surface area (Å²) < 4.78 is 33.8. The lowest BCUT2D eigenvalue weighted by atomic mass is 10.1. The molecule has 1 aromatic carbocycles. The SMILES string of the molecule is COc1ccc(N2CC(C(=O)N(C)C3CCS(=O)(=O)C3)CC2=O)cc1OC. The number of ether oxygens (including phenoxy) is 2. The highest BCUT2D eigenvalue weighted by molar-refractivity contribution is 7.91. The number of nitrogens with zero attached hydrogens (tertiary/aromatic N) is 2. The van der Waals surface area contributed by atoms with E-state index in [1.54, 1.807) is 30.1 Å². The van der Waals surface area contributed by atoms with Gasteiger partial charge in [-0.1, -0.05) is 0 Å². The summed E-state index contributed by atoms with van der Waals surface area (Å²) in [6, 6.07) is 4.86. The second-order valence-electron chi connectivity index (χ2n) is 6.95. The van der Waals surface area contributed by atoms with E-state index in [1.165, 1.54) is 19.1 Å². The summed E-state index contributed by atoms with van der Waals surface area (Å²) in [5.74, 6) is 0.347. The number of methoxy groups -OCH3 is 2. The van der Waals surface area contributed by atoms with Crippen molar-refractivity contribution in [1.29, 1.82) is 0 Å². The van der Waals surface area contributed by atoms with E-state index >= 15 is 0 Å². The Kier molecular flexibility index (Phi) is 5.32. The zero-order valence-electron chi connectivity index (χ0n) is 15.7. The number of carbonyl (C=O) groups excluding carboxylic acids is 2. The highest BCUT2D eigenvalue weighted by Gasteiger charge is 2.40. The number of anilines is 1. The number of sulfone groups is 1. The highest BCUT2D eigenvalue weighted by Crippen LogP contribution is 2.34. The van der Waals surface area contributed by atoms with Gasteiger partial charge in [0.05, 0.1) is 31.6 Å². The van der Waals surface area contributed by atoms with Gasteiger partial charge in [0.25, 0.3) is 0 Å². The lowest BCUT2D eigenvalue weighted by molar-refractivity contribution is -0.136. The van der Waals surface area contributed by atoms with Crippen molar-refractivity contribution in [3.63, 3.8) is 0 Å². The zero-order valence-corrected chi connectivity index (χ0v) is 16.5. The van der Waals surface area contributed by atoms with Crippen molar-refractivity contribution >= 4 is 27.3 Å². The second-order valence-corrected chi connectivity index (χ2v) is 9.18. The third kappa shape index (κ3) is 3.87. The van der Waals surface area contributed by atoms with E-state index in [0.29, 0.717) is 23.6 Å². The number of amides is 2. The molecular formula is C18H24N2O6S. The Morgan fingerprint density at radius 3 is 2.52 bits per heavy atom. The van der Waals surface area contributed by atoms with Crippen LogP contribution < -0.4 is 14.4 Å². The van der Waals surface area contributed by atoms with Gasteiger partial charge < -0.3 is 19.3 Å². The molecule has 0 N–H and O–H groups in total. The molecule has 0 spiro atoms. The summed E-state index contributed by atoms with van der Waals surface area (Å²) in [7, 11) is 1.60. The van der Waals surface area contributed by atoms with Crippen LogP contribution in [0.5, 0.6) is 11.5 Å². The first-order valence-electron chi connectivity index (χ1n) is 8.75. The molecule has 0 bridgehead atoms. The molecule has 0 aromatic heterocycles. The minimum Gasteiger partial charge on any atom is -0.493 e. The third-order valence-corrected chi connectivity index (χ3v) is 7.01. The fourth-order valence-electron chi connectivity index (χ4n) is 3.66. The van der Waals surface area contributed by atoms with Crippen molar-refractivity contribution in [3.05, 3.63) is 18.2 Å². The van der Waals surface area contributed by atoms with Gasteiger partial charge in [0, 0.05) is 37.8 Å². The maximum atomic E-state index is 12.8. The minimum absolute atomic E-state index is 0.00466. The first-order valence-corrected chi connectivity index (χ1v) is 10.6. The third-order valence-electron chi connectivity index (χ3n) is 5.26. The standard InChI is InChI=1S/C18H24N2O6S/c1-19(14-6-7-27(23,24)11-14)18(22)12-8-17(21)20(10-12)13-4-5-15(25-2)16(9-13)26-3/h4-5,9,12,14H,6-8,10-11H2,1-3H3. The van der Waals surface area contributed by atoms with Crippen LogP contribution in [0.3, 0.4) is 0 Å². The van der Waals surface area contributed by atoms with E-state index in [2.05, 4.69) is 0 Å². The molecule has 2 amide bonds. The molecule has 2 fully saturated rings. The topological polar surface area (TPSA) is 93.2 Å². The fourth-order valence-corrected chi connectivity index (χ4v) is 5.44. The Morgan fingerprint density at radius 2 is 1.93 bits per heavy atom. The van der Waals surface area contributed by atoms with Gasteiger partial charge in [-0.3, -0.25) is 9.59 Å². The summed E-state index contributed by atoms with van der Waals surface area (Å²) in [5.41, 5.74) is 0.638. The minimum atomic E-state index is -3.07. The van der Waals surface area contributed by atoms with Crippen LogP contribution in [0.25, 0.3) is 0 Å². The Hall–Kier alpha value is -2.29. The first-order chi connectivity index (χ1) is 12.8. The highest BCUT2D eigenvalue weighted by atomic mass is 32.2. The Balaban J connectivity index is 1.72. The summed E-state index contributed by atoms with van der Waals surface area (Å²) in [5, 5.41) is 0. The van der Waals surface area contributed by atoms with Gasteiger partial charge in [-0.15, -0.1) is 0 Å². The van der Waals surface area contributed by atoms with E-state index in [-0.39, 0.29) is 42.3 Å². The van der Waals surface area contributed by atoms with Crippen LogP contribution in [0.1, 0.15) is 12.8 Å². The van der Waals surface area contributed by atoms with Crippen LogP contribution in [-0.2, 0) is 19.4 Å². The van der Waals surface area contributed by atoms with Gasteiger partial charge in [0.2, 0.25) is 11.8 Å². The predicted molar refractivity (Wildman–Crippen MR) is 99.8 cm³/mol. The van der Waals surface area contributed by atoms with E-state index in [1.807, 2.05) is 0 Å². The monoisotopic (exact) mass is 396 g/mol. The largest absolute Gasteiger partial charge is 0.493 e. The molecule has 27 heavy (non-hydrogen) atoms. The summed E-state index contributed by atoms with van der Waals surface area (Å²) in [4.78, 5) is 28.3. The molecule has 9 heteroatoms. The van der Waals surface area contributed by atoms with Crippen molar-refractivity contribution in [2.45, 2.75) is 18.9 Å². The Bertz CT molecular complexity index is 853. The van der Waals surface area contributed by atoms with Crippen molar-refractivity contribution in [3.8, 4) is 11.5 Å². The van der Waals surface area contributed by atoms with E-state index in [4.69, 9.17) is 9.47 Å². The smallest absolute Gasteiger partial charge is 0.228 e. The van der Waals surface area contributed by atoms with Crippen LogP contribution in [-0.4, -0.2) is 70.5 Å². The lowest BCUT2D eigenvalue weighted by Gasteiger charge is -2.26. The van der Waals surface area contributed by atoms with Gasteiger partial charge in [-0.05, 0) is 18.6 Å². The maximum Gasteiger partial charge on any atom is 0.228 e. The molecule has 2 aliphatic rings. The molecule has 2 atom stereocenters. The molecule has 2 unspecified atom stereocenters. The molecule has 8 nitrogen and oxygen atoms in total. The maximum absolute atomic E-state index is 12.8. The Labute approximate surface area is 158 Å². The normalized spacial score (nSPS) is 24.1. The van der Waals surface area contributed by atoms with E-state index < -0.39 is 15.8 Å². The van der Waals surface area contributed by atoms with Crippen LogP contribution in [0.15, 0.2) is 18.2 Å². The molecule has 2 saturated heterocycles. The van der Waals surface area contributed by atoms with Crippen LogP contribution in [0.2, 0.25) is 0 Å².